The molecule has 2 unspecified atom stereocenters. The van der Waals surface area contributed by atoms with Gasteiger partial charge in [0.1, 0.15) is 6.04 Å². The van der Waals surface area contributed by atoms with Crippen LogP contribution >= 0.6 is 0 Å². The normalized spacial score (nSPS) is 13.5. The Labute approximate surface area is 120 Å². The highest BCUT2D eigenvalue weighted by Gasteiger charge is 2.20. The van der Waals surface area contributed by atoms with Gasteiger partial charge in [0, 0.05) is 0 Å². The Morgan fingerprint density at radius 3 is 1.90 bits per heavy atom. The number of amides is 1. The number of hydrogen-bond donors (Lipinski definition) is 2. The monoisotopic (exact) mass is 268 g/mol. The van der Waals surface area contributed by atoms with E-state index in [1.165, 1.54) is 0 Å². The molecule has 20 heavy (non-hydrogen) atoms. The molecule has 0 spiro atoms. The Bertz CT molecular complexity index is 539. The van der Waals surface area contributed by atoms with Gasteiger partial charge >= 0.3 is 0 Å². The molecule has 2 N–H and O–H groups in total. The van der Waals surface area contributed by atoms with Gasteiger partial charge in [-0.3, -0.25) is 4.79 Å². The van der Waals surface area contributed by atoms with E-state index in [1.54, 1.807) is 7.05 Å². The topological polar surface area (TPSA) is 41.1 Å². The number of nitrogens with one attached hydrogen (secondary N) is 2. The molecular weight excluding hydrogens is 248 g/mol. The maximum absolute atomic E-state index is 12.4. The summed E-state index contributed by atoms with van der Waals surface area (Å²) in [5.41, 5.74) is 2.07. The third-order valence-electron chi connectivity index (χ3n) is 3.34. The fourth-order valence-corrected chi connectivity index (χ4v) is 2.22. The molecule has 0 aromatic heterocycles. The highest BCUT2D eigenvalue weighted by atomic mass is 16.2. The minimum absolute atomic E-state index is 0.0109. The van der Waals surface area contributed by atoms with Crippen LogP contribution in [0.5, 0.6) is 0 Å². The second-order valence-corrected chi connectivity index (χ2v) is 4.77. The van der Waals surface area contributed by atoms with Gasteiger partial charge in [-0.05, 0) is 25.1 Å². The highest BCUT2D eigenvalue weighted by molar-refractivity contribution is 5.83. The standard InChI is InChI=1S/C17H20N2O/c1-13(14-9-5-3-6-10-14)19-17(20)16(18-2)15-11-7-4-8-12-15/h3-13,16,18H,1-2H3,(H,19,20). The summed E-state index contributed by atoms with van der Waals surface area (Å²) >= 11 is 0. The lowest BCUT2D eigenvalue weighted by atomic mass is 10.0. The van der Waals surface area contributed by atoms with Gasteiger partial charge in [0.25, 0.3) is 0 Å². The molecule has 0 heterocycles. The van der Waals surface area contributed by atoms with E-state index in [0.29, 0.717) is 0 Å². The molecule has 1 amide bonds. The molecule has 0 fully saturated rings. The smallest absolute Gasteiger partial charge is 0.242 e. The second-order valence-electron chi connectivity index (χ2n) is 4.77. The largest absolute Gasteiger partial charge is 0.348 e. The first kappa shape index (κ1) is 14.3. The first-order chi connectivity index (χ1) is 9.72. The van der Waals surface area contributed by atoms with Crippen LogP contribution in [0.4, 0.5) is 0 Å². The molecule has 2 aromatic rings. The Balaban J connectivity index is 2.07. The van der Waals surface area contributed by atoms with E-state index < -0.39 is 0 Å². The lowest BCUT2D eigenvalue weighted by Crippen LogP contribution is -2.37. The summed E-state index contributed by atoms with van der Waals surface area (Å²) in [7, 11) is 1.80. The van der Waals surface area contributed by atoms with Gasteiger partial charge in [0.2, 0.25) is 5.91 Å². The molecular formula is C17H20N2O. The number of hydrogen-bond acceptors (Lipinski definition) is 2. The molecule has 2 rings (SSSR count). The molecule has 0 aliphatic rings. The van der Waals surface area contributed by atoms with E-state index in [0.717, 1.165) is 11.1 Å². The predicted molar refractivity (Wildman–Crippen MR) is 81.2 cm³/mol. The minimum atomic E-state index is -0.331. The van der Waals surface area contributed by atoms with Crippen molar-refractivity contribution in [3.63, 3.8) is 0 Å². The Morgan fingerprint density at radius 2 is 1.40 bits per heavy atom. The zero-order chi connectivity index (χ0) is 14.4. The van der Waals surface area contributed by atoms with Crippen molar-refractivity contribution in [1.82, 2.24) is 10.6 Å². The van der Waals surface area contributed by atoms with Crippen LogP contribution in [-0.4, -0.2) is 13.0 Å². The Morgan fingerprint density at radius 1 is 0.900 bits per heavy atom. The van der Waals surface area contributed by atoms with Crippen LogP contribution < -0.4 is 10.6 Å². The van der Waals surface area contributed by atoms with Crippen LogP contribution in [0, 0.1) is 0 Å². The molecule has 2 atom stereocenters. The van der Waals surface area contributed by atoms with E-state index in [9.17, 15) is 4.79 Å². The van der Waals surface area contributed by atoms with Gasteiger partial charge in [0.05, 0.1) is 6.04 Å². The minimum Gasteiger partial charge on any atom is -0.348 e. The van der Waals surface area contributed by atoms with E-state index in [1.807, 2.05) is 67.6 Å². The Hall–Kier alpha value is -2.13. The van der Waals surface area contributed by atoms with Crippen LogP contribution in [-0.2, 0) is 4.79 Å². The van der Waals surface area contributed by atoms with Crippen LogP contribution in [0.2, 0.25) is 0 Å². The first-order valence-electron chi connectivity index (χ1n) is 6.80. The summed E-state index contributed by atoms with van der Waals surface area (Å²) in [5.74, 6) is -0.0185. The Kier molecular flexibility index (Phi) is 4.91. The van der Waals surface area contributed by atoms with Gasteiger partial charge in [-0.25, -0.2) is 0 Å². The zero-order valence-corrected chi connectivity index (χ0v) is 11.8. The first-order valence-corrected chi connectivity index (χ1v) is 6.80. The summed E-state index contributed by atoms with van der Waals surface area (Å²) in [6.07, 6.45) is 0. The van der Waals surface area contributed by atoms with Crippen molar-refractivity contribution < 1.29 is 4.79 Å². The van der Waals surface area contributed by atoms with E-state index in [4.69, 9.17) is 0 Å². The lowest BCUT2D eigenvalue weighted by molar-refractivity contribution is -0.123. The van der Waals surface area contributed by atoms with Crippen molar-refractivity contribution in [3.05, 3.63) is 71.8 Å². The summed E-state index contributed by atoms with van der Waals surface area (Å²) < 4.78 is 0. The van der Waals surface area contributed by atoms with Crippen molar-refractivity contribution >= 4 is 5.91 Å². The fraction of sp³-hybridized carbons (Fsp3) is 0.235. The highest BCUT2D eigenvalue weighted by Crippen LogP contribution is 2.16. The van der Waals surface area contributed by atoms with E-state index in [2.05, 4.69) is 10.6 Å². The lowest BCUT2D eigenvalue weighted by Gasteiger charge is -2.20. The molecule has 0 aliphatic carbocycles. The van der Waals surface area contributed by atoms with Crippen LogP contribution in [0.25, 0.3) is 0 Å². The van der Waals surface area contributed by atoms with Crippen molar-refractivity contribution in [3.8, 4) is 0 Å². The zero-order valence-electron chi connectivity index (χ0n) is 11.8. The van der Waals surface area contributed by atoms with Gasteiger partial charge in [0.15, 0.2) is 0 Å². The summed E-state index contributed by atoms with van der Waals surface area (Å²) in [4.78, 5) is 12.4. The van der Waals surface area contributed by atoms with Crippen molar-refractivity contribution in [1.29, 1.82) is 0 Å². The van der Waals surface area contributed by atoms with Crippen LogP contribution in [0.3, 0.4) is 0 Å². The number of likely N-dealkylation sites (N-methyl/N-ethyl adjacent to an activating group) is 1. The maximum atomic E-state index is 12.4. The van der Waals surface area contributed by atoms with E-state index in [-0.39, 0.29) is 18.0 Å². The van der Waals surface area contributed by atoms with Gasteiger partial charge < -0.3 is 10.6 Å². The average molecular weight is 268 g/mol. The number of carbonyl (C=O) groups is 1. The quantitative estimate of drug-likeness (QED) is 0.875. The van der Waals surface area contributed by atoms with Crippen molar-refractivity contribution in [2.45, 2.75) is 19.0 Å². The molecule has 0 aliphatic heterocycles. The van der Waals surface area contributed by atoms with Crippen LogP contribution in [0.1, 0.15) is 30.1 Å². The number of carbonyl (C=O) groups excluding carboxylic acids is 1. The maximum Gasteiger partial charge on any atom is 0.242 e. The predicted octanol–water partition coefficient (Wildman–Crippen LogP) is 2.82. The molecule has 2 aromatic carbocycles. The molecule has 0 radical (unpaired) electrons. The van der Waals surface area contributed by atoms with E-state index >= 15 is 0 Å². The van der Waals surface area contributed by atoms with Crippen LogP contribution in [0.15, 0.2) is 60.7 Å². The fourth-order valence-electron chi connectivity index (χ4n) is 2.22. The van der Waals surface area contributed by atoms with Crippen molar-refractivity contribution in [2.75, 3.05) is 7.05 Å². The average Bonchev–Trinajstić information content (AvgIpc) is 2.50. The third kappa shape index (κ3) is 3.45. The van der Waals surface area contributed by atoms with Crippen molar-refractivity contribution in [2.24, 2.45) is 0 Å². The number of benzene rings is 2. The molecule has 0 saturated carbocycles. The summed E-state index contributed by atoms with van der Waals surface area (Å²) in [6.45, 7) is 1.99. The molecule has 3 heteroatoms. The molecule has 0 bridgehead atoms. The van der Waals surface area contributed by atoms with Gasteiger partial charge in [-0.1, -0.05) is 60.7 Å². The van der Waals surface area contributed by atoms with Gasteiger partial charge in [-0.15, -0.1) is 0 Å². The molecule has 3 nitrogen and oxygen atoms in total. The second kappa shape index (κ2) is 6.87. The summed E-state index contributed by atoms with van der Waals surface area (Å²) in [5, 5.41) is 6.11. The molecule has 104 valence electrons. The number of rotatable bonds is 5. The summed E-state index contributed by atoms with van der Waals surface area (Å²) in [6, 6.07) is 19.3. The SMILES string of the molecule is CNC(C(=O)NC(C)c1ccccc1)c1ccccc1. The third-order valence-corrected chi connectivity index (χ3v) is 3.34. The van der Waals surface area contributed by atoms with Gasteiger partial charge in [-0.2, -0.15) is 0 Å². The molecule has 0 saturated heterocycles.